The molecule has 0 aliphatic carbocycles. The number of amides is 1. The molecule has 1 aromatic carbocycles. The number of hydrogen-bond acceptors (Lipinski definition) is 7. The SMILES string of the molecule is COc1nc(CN2C(=O)c3ccccc3C2O)cc(-c2cnc(C(F)(F)F)nc2)n1. The minimum atomic E-state index is -4.66. The van der Waals surface area contributed by atoms with Crippen LogP contribution in [0, 0.1) is 0 Å². The highest BCUT2D eigenvalue weighted by Gasteiger charge is 2.36. The largest absolute Gasteiger partial charge is 0.467 e. The summed E-state index contributed by atoms with van der Waals surface area (Å²) < 4.78 is 43.1. The zero-order valence-corrected chi connectivity index (χ0v) is 15.5. The van der Waals surface area contributed by atoms with Gasteiger partial charge in [0.15, 0.2) is 6.23 Å². The van der Waals surface area contributed by atoms with E-state index >= 15 is 0 Å². The summed E-state index contributed by atoms with van der Waals surface area (Å²) in [4.78, 5) is 28.8. The van der Waals surface area contributed by atoms with Crippen LogP contribution in [0.3, 0.4) is 0 Å². The summed E-state index contributed by atoms with van der Waals surface area (Å²) in [6.45, 7) is -0.0674. The van der Waals surface area contributed by atoms with Gasteiger partial charge in [0.05, 0.1) is 25.0 Å². The van der Waals surface area contributed by atoms with E-state index < -0.39 is 18.2 Å². The molecule has 1 unspecified atom stereocenters. The van der Waals surface area contributed by atoms with Crippen molar-refractivity contribution < 1.29 is 27.8 Å². The highest BCUT2D eigenvalue weighted by Crippen LogP contribution is 2.33. The van der Waals surface area contributed by atoms with Crippen LogP contribution in [0.5, 0.6) is 6.01 Å². The van der Waals surface area contributed by atoms with Crippen molar-refractivity contribution in [2.24, 2.45) is 0 Å². The van der Waals surface area contributed by atoms with E-state index in [1.807, 2.05) is 0 Å². The molecule has 3 heterocycles. The lowest BCUT2D eigenvalue weighted by atomic mass is 10.1. The van der Waals surface area contributed by atoms with Crippen LogP contribution in [-0.2, 0) is 12.7 Å². The van der Waals surface area contributed by atoms with Crippen LogP contribution in [-0.4, -0.2) is 43.0 Å². The molecule has 11 heteroatoms. The molecule has 1 aliphatic rings. The quantitative estimate of drug-likeness (QED) is 0.696. The first-order chi connectivity index (χ1) is 14.3. The fourth-order valence-electron chi connectivity index (χ4n) is 3.08. The maximum absolute atomic E-state index is 12.7. The predicted molar refractivity (Wildman–Crippen MR) is 95.9 cm³/mol. The van der Waals surface area contributed by atoms with Gasteiger partial charge in [0.25, 0.3) is 5.91 Å². The average molecular weight is 417 g/mol. The maximum atomic E-state index is 12.7. The Hall–Kier alpha value is -3.60. The topological polar surface area (TPSA) is 101 Å². The molecular weight excluding hydrogens is 403 g/mol. The van der Waals surface area contributed by atoms with E-state index in [0.29, 0.717) is 16.8 Å². The van der Waals surface area contributed by atoms with Crippen molar-refractivity contribution in [3.05, 3.63) is 65.4 Å². The van der Waals surface area contributed by atoms with E-state index in [1.165, 1.54) is 18.1 Å². The molecular formula is C19H14F3N5O3. The van der Waals surface area contributed by atoms with E-state index in [4.69, 9.17) is 4.74 Å². The molecule has 1 amide bonds. The number of halogens is 3. The molecule has 1 atom stereocenters. The van der Waals surface area contributed by atoms with E-state index in [2.05, 4.69) is 19.9 Å². The van der Waals surface area contributed by atoms with Gasteiger partial charge in [-0.1, -0.05) is 18.2 Å². The standard InChI is InChI=1S/C19H14F3N5O3/c1-30-18-25-11(9-27-15(28)12-4-2-3-5-13(12)16(27)29)6-14(26-18)10-7-23-17(24-8-10)19(20,21)22/h2-8,15,28H,9H2,1H3. The Morgan fingerprint density at radius 3 is 2.50 bits per heavy atom. The second kappa shape index (κ2) is 7.34. The van der Waals surface area contributed by atoms with Crippen molar-refractivity contribution >= 4 is 5.91 Å². The lowest BCUT2D eigenvalue weighted by molar-refractivity contribution is -0.145. The number of aliphatic hydroxyl groups is 1. The Kier molecular flexibility index (Phi) is 4.82. The van der Waals surface area contributed by atoms with Crippen LogP contribution < -0.4 is 4.74 Å². The summed E-state index contributed by atoms with van der Waals surface area (Å²) in [5, 5.41) is 10.5. The van der Waals surface area contributed by atoms with Crippen molar-refractivity contribution in [3.63, 3.8) is 0 Å². The van der Waals surface area contributed by atoms with Gasteiger partial charge in [0.1, 0.15) is 0 Å². The molecule has 0 saturated heterocycles. The lowest BCUT2D eigenvalue weighted by Crippen LogP contribution is -2.28. The summed E-state index contributed by atoms with van der Waals surface area (Å²) in [6.07, 6.45) is -3.82. The van der Waals surface area contributed by atoms with Crippen molar-refractivity contribution in [3.8, 4) is 17.3 Å². The number of rotatable bonds is 4. The molecule has 4 rings (SSSR count). The van der Waals surface area contributed by atoms with Gasteiger partial charge >= 0.3 is 12.2 Å². The number of hydrogen-bond donors (Lipinski definition) is 1. The minimum Gasteiger partial charge on any atom is -0.467 e. The Labute approximate surface area is 168 Å². The first-order valence-corrected chi connectivity index (χ1v) is 8.67. The third-order valence-electron chi connectivity index (χ3n) is 4.50. The summed E-state index contributed by atoms with van der Waals surface area (Å²) >= 11 is 0. The number of ether oxygens (including phenoxy) is 1. The Morgan fingerprint density at radius 2 is 1.87 bits per heavy atom. The van der Waals surface area contributed by atoms with E-state index in [-0.39, 0.29) is 29.7 Å². The highest BCUT2D eigenvalue weighted by atomic mass is 19.4. The van der Waals surface area contributed by atoms with Crippen molar-refractivity contribution in [1.82, 2.24) is 24.8 Å². The van der Waals surface area contributed by atoms with Crippen LogP contribution in [0.25, 0.3) is 11.3 Å². The van der Waals surface area contributed by atoms with Gasteiger partial charge in [-0.2, -0.15) is 23.1 Å². The molecule has 1 aliphatic heterocycles. The third-order valence-corrected chi connectivity index (χ3v) is 4.50. The summed E-state index contributed by atoms with van der Waals surface area (Å²) in [6, 6.07) is 8.10. The number of alkyl halides is 3. The van der Waals surface area contributed by atoms with Gasteiger partial charge in [-0.3, -0.25) is 4.79 Å². The third kappa shape index (κ3) is 3.54. The number of methoxy groups -OCH3 is 1. The number of carbonyl (C=O) groups excluding carboxylic acids is 1. The molecule has 0 radical (unpaired) electrons. The number of fused-ring (bicyclic) bond motifs is 1. The second-order valence-corrected chi connectivity index (χ2v) is 6.42. The fraction of sp³-hybridized carbons (Fsp3) is 0.211. The lowest BCUT2D eigenvalue weighted by Gasteiger charge is -2.20. The number of aromatic nitrogens is 4. The summed E-state index contributed by atoms with van der Waals surface area (Å²) in [5.41, 5.74) is 1.62. The molecule has 8 nitrogen and oxygen atoms in total. The maximum Gasteiger partial charge on any atom is 0.451 e. The number of benzene rings is 1. The van der Waals surface area contributed by atoms with Gasteiger partial charge in [-0.05, 0) is 12.1 Å². The van der Waals surface area contributed by atoms with Gasteiger partial charge in [0, 0.05) is 29.1 Å². The predicted octanol–water partition coefficient (Wildman–Crippen LogP) is 2.61. The molecule has 0 bridgehead atoms. The molecule has 0 saturated carbocycles. The number of carbonyl (C=O) groups is 1. The van der Waals surface area contributed by atoms with E-state index in [1.54, 1.807) is 24.3 Å². The zero-order chi connectivity index (χ0) is 21.5. The summed E-state index contributed by atoms with van der Waals surface area (Å²) in [7, 11) is 1.33. The normalized spacial score (nSPS) is 16.0. The molecule has 0 spiro atoms. The van der Waals surface area contributed by atoms with Crippen LogP contribution in [0.15, 0.2) is 42.7 Å². The highest BCUT2D eigenvalue weighted by molar-refractivity contribution is 5.98. The van der Waals surface area contributed by atoms with Crippen molar-refractivity contribution in [2.75, 3.05) is 7.11 Å². The Bertz CT molecular complexity index is 1110. The van der Waals surface area contributed by atoms with Crippen LogP contribution >= 0.6 is 0 Å². The molecule has 30 heavy (non-hydrogen) atoms. The van der Waals surface area contributed by atoms with Gasteiger partial charge < -0.3 is 14.7 Å². The van der Waals surface area contributed by atoms with E-state index in [0.717, 1.165) is 12.4 Å². The van der Waals surface area contributed by atoms with Crippen LogP contribution in [0.4, 0.5) is 13.2 Å². The van der Waals surface area contributed by atoms with Crippen molar-refractivity contribution in [1.29, 1.82) is 0 Å². The summed E-state index contributed by atoms with van der Waals surface area (Å²) in [5.74, 6) is -1.63. The molecule has 3 aromatic rings. The average Bonchev–Trinajstić information content (AvgIpc) is 2.98. The van der Waals surface area contributed by atoms with E-state index in [9.17, 15) is 23.1 Å². The zero-order valence-electron chi connectivity index (χ0n) is 15.5. The first kappa shape index (κ1) is 19.7. The minimum absolute atomic E-state index is 0.0546. The van der Waals surface area contributed by atoms with Crippen LogP contribution in [0.2, 0.25) is 0 Å². The van der Waals surface area contributed by atoms with Gasteiger partial charge in [0.2, 0.25) is 5.82 Å². The van der Waals surface area contributed by atoms with Gasteiger partial charge in [-0.15, -0.1) is 0 Å². The van der Waals surface area contributed by atoms with Crippen LogP contribution in [0.1, 0.15) is 33.7 Å². The number of aliphatic hydroxyl groups excluding tert-OH is 1. The smallest absolute Gasteiger partial charge is 0.451 e. The van der Waals surface area contributed by atoms with Gasteiger partial charge in [-0.25, -0.2) is 9.97 Å². The molecule has 0 fully saturated rings. The second-order valence-electron chi connectivity index (χ2n) is 6.42. The monoisotopic (exact) mass is 417 g/mol. The fourth-order valence-corrected chi connectivity index (χ4v) is 3.08. The number of nitrogens with zero attached hydrogens (tertiary/aromatic N) is 5. The first-order valence-electron chi connectivity index (χ1n) is 8.67. The Balaban J connectivity index is 1.65. The Morgan fingerprint density at radius 1 is 1.17 bits per heavy atom. The van der Waals surface area contributed by atoms with Crippen molar-refractivity contribution in [2.45, 2.75) is 18.9 Å². The molecule has 2 aromatic heterocycles. The molecule has 154 valence electrons. The molecule has 1 N–H and O–H groups in total.